The van der Waals surface area contributed by atoms with Crippen molar-refractivity contribution in [2.24, 2.45) is 0 Å². The van der Waals surface area contributed by atoms with E-state index in [2.05, 4.69) is 26.2 Å². The number of hydrogen-bond acceptors (Lipinski definition) is 2. The molecular weight excluding hydrogens is 340 g/mol. The van der Waals surface area contributed by atoms with Gasteiger partial charge in [0.15, 0.2) is 0 Å². The Morgan fingerprint density at radius 1 is 1.15 bits per heavy atom. The Labute approximate surface area is 121 Å². The maximum atomic E-state index is 13.5. The molecule has 0 bridgehead atoms. The molecule has 0 saturated heterocycles. The van der Waals surface area contributed by atoms with Crippen LogP contribution in [0.25, 0.3) is 0 Å². The second kappa shape index (κ2) is 5.78. The van der Waals surface area contributed by atoms with E-state index in [0.717, 1.165) is 22.2 Å². The standard InChI is InChI=1S/C13H9BrF4N2/c14-10-3-8(5-19-7-10)6-20-12-4-9(13(16,17)18)1-2-11(12)15/h1-5,7,20H,6H2. The van der Waals surface area contributed by atoms with E-state index in [4.69, 9.17) is 0 Å². The van der Waals surface area contributed by atoms with Gasteiger partial charge in [-0.25, -0.2) is 4.39 Å². The van der Waals surface area contributed by atoms with Gasteiger partial charge in [-0.3, -0.25) is 4.98 Å². The Morgan fingerprint density at radius 2 is 1.90 bits per heavy atom. The van der Waals surface area contributed by atoms with Gasteiger partial charge in [-0.05, 0) is 45.8 Å². The first-order valence-electron chi connectivity index (χ1n) is 5.56. The number of nitrogens with zero attached hydrogens (tertiary/aromatic N) is 1. The summed E-state index contributed by atoms with van der Waals surface area (Å²) in [4.78, 5) is 3.92. The SMILES string of the molecule is Fc1ccc(C(F)(F)F)cc1NCc1cncc(Br)c1. The molecule has 2 rings (SSSR count). The van der Waals surface area contributed by atoms with Crippen molar-refractivity contribution >= 4 is 21.6 Å². The minimum atomic E-state index is -4.50. The highest BCUT2D eigenvalue weighted by atomic mass is 79.9. The summed E-state index contributed by atoms with van der Waals surface area (Å²) in [6, 6.07) is 4.00. The summed E-state index contributed by atoms with van der Waals surface area (Å²) in [5.74, 6) is -0.735. The average molecular weight is 349 g/mol. The van der Waals surface area contributed by atoms with Gasteiger partial charge in [0.1, 0.15) is 5.82 Å². The summed E-state index contributed by atoms with van der Waals surface area (Å²) in [6.45, 7) is 0.171. The molecule has 2 aromatic rings. The van der Waals surface area contributed by atoms with Gasteiger partial charge in [0.2, 0.25) is 0 Å². The molecular formula is C13H9BrF4N2. The molecule has 1 aromatic heterocycles. The predicted molar refractivity (Wildman–Crippen MR) is 70.7 cm³/mol. The molecule has 0 amide bonds. The molecule has 0 aliphatic carbocycles. The van der Waals surface area contributed by atoms with Crippen molar-refractivity contribution in [2.45, 2.75) is 12.7 Å². The molecule has 0 saturated carbocycles. The van der Waals surface area contributed by atoms with Crippen molar-refractivity contribution in [2.75, 3.05) is 5.32 Å². The predicted octanol–water partition coefficient (Wildman–Crippen LogP) is 4.61. The number of aromatic nitrogens is 1. The van der Waals surface area contributed by atoms with E-state index >= 15 is 0 Å². The zero-order valence-corrected chi connectivity index (χ0v) is 11.6. The lowest BCUT2D eigenvalue weighted by atomic mass is 10.2. The lowest BCUT2D eigenvalue weighted by Gasteiger charge is -2.11. The summed E-state index contributed by atoms with van der Waals surface area (Å²) < 4.78 is 51.9. The number of hydrogen-bond donors (Lipinski definition) is 1. The zero-order valence-electron chi connectivity index (χ0n) is 10.0. The van der Waals surface area contributed by atoms with E-state index in [-0.39, 0.29) is 12.2 Å². The van der Waals surface area contributed by atoms with Gasteiger partial charge in [0.05, 0.1) is 11.3 Å². The van der Waals surface area contributed by atoms with Crippen molar-refractivity contribution in [3.05, 3.63) is 58.1 Å². The van der Waals surface area contributed by atoms with Crippen molar-refractivity contribution in [1.82, 2.24) is 4.98 Å². The Hall–Kier alpha value is -1.63. The summed E-state index contributed by atoms with van der Waals surface area (Å²) in [6.07, 6.45) is -1.38. The van der Waals surface area contributed by atoms with E-state index < -0.39 is 17.6 Å². The summed E-state index contributed by atoms with van der Waals surface area (Å²) in [5.41, 5.74) is -0.371. The first kappa shape index (κ1) is 14.8. The van der Waals surface area contributed by atoms with Crippen LogP contribution in [0.1, 0.15) is 11.1 Å². The molecule has 0 radical (unpaired) electrons. The maximum Gasteiger partial charge on any atom is 0.416 e. The number of pyridine rings is 1. The van der Waals surface area contributed by atoms with Crippen LogP contribution in [0, 0.1) is 5.82 Å². The van der Waals surface area contributed by atoms with E-state index in [1.165, 1.54) is 0 Å². The largest absolute Gasteiger partial charge is 0.416 e. The third kappa shape index (κ3) is 3.69. The minimum absolute atomic E-state index is 0.171. The van der Waals surface area contributed by atoms with Gasteiger partial charge < -0.3 is 5.32 Å². The van der Waals surface area contributed by atoms with Crippen molar-refractivity contribution in [3.63, 3.8) is 0 Å². The molecule has 0 atom stereocenters. The van der Waals surface area contributed by atoms with Crippen LogP contribution in [0.15, 0.2) is 41.1 Å². The quantitative estimate of drug-likeness (QED) is 0.819. The summed E-state index contributed by atoms with van der Waals surface area (Å²) in [5, 5.41) is 2.63. The lowest BCUT2D eigenvalue weighted by molar-refractivity contribution is -0.137. The Morgan fingerprint density at radius 3 is 2.55 bits per heavy atom. The molecule has 1 heterocycles. The monoisotopic (exact) mass is 348 g/mol. The molecule has 0 aliphatic rings. The molecule has 0 spiro atoms. The lowest BCUT2D eigenvalue weighted by Crippen LogP contribution is -2.08. The van der Waals surface area contributed by atoms with Crippen LogP contribution in [0.5, 0.6) is 0 Å². The normalized spacial score (nSPS) is 11.4. The van der Waals surface area contributed by atoms with E-state index in [1.807, 2.05) is 0 Å². The number of nitrogens with one attached hydrogen (secondary N) is 1. The summed E-state index contributed by atoms with van der Waals surface area (Å²) >= 11 is 3.23. The van der Waals surface area contributed by atoms with Gasteiger partial charge in [-0.15, -0.1) is 0 Å². The molecule has 0 aliphatic heterocycles. The molecule has 0 fully saturated rings. The molecule has 2 nitrogen and oxygen atoms in total. The maximum absolute atomic E-state index is 13.5. The third-order valence-electron chi connectivity index (χ3n) is 2.54. The van der Waals surface area contributed by atoms with Crippen LogP contribution in [0.2, 0.25) is 0 Å². The number of rotatable bonds is 3. The summed E-state index contributed by atoms with van der Waals surface area (Å²) in [7, 11) is 0. The van der Waals surface area contributed by atoms with Crippen molar-refractivity contribution < 1.29 is 17.6 Å². The first-order chi connectivity index (χ1) is 9.36. The van der Waals surface area contributed by atoms with E-state index in [1.54, 1.807) is 18.5 Å². The number of alkyl halides is 3. The second-order valence-electron chi connectivity index (χ2n) is 4.06. The number of benzene rings is 1. The van der Waals surface area contributed by atoms with Crippen LogP contribution >= 0.6 is 15.9 Å². The van der Waals surface area contributed by atoms with Gasteiger partial charge in [-0.2, -0.15) is 13.2 Å². The van der Waals surface area contributed by atoms with E-state index in [0.29, 0.717) is 6.07 Å². The molecule has 20 heavy (non-hydrogen) atoms. The van der Waals surface area contributed by atoms with Crippen LogP contribution in [-0.2, 0) is 12.7 Å². The smallest absolute Gasteiger partial charge is 0.379 e. The zero-order chi connectivity index (χ0) is 14.8. The number of halogens is 5. The third-order valence-corrected chi connectivity index (χ3v) is 2.97. The van der Waals surface area contributed by atoms with Crippen molar-refractivity contribution in [1.29, 1.82) is 0 Å². The topological polar surface area (TPSA) is 24.9 Å². The van der Waals surface area contributed by atoms with Crippen LogP contribution in [-0.4, -0.2) is 4.98 Å². The average Bonchev–Trinajstić information content (AvgIpc) is 2.36. The van der Waals surface area contributed by atoms with E-state index in [9.17, 15) is 17.6 Å². The van der Waals surface area contributed by atoms with Gasteiger partial charge in [-0.1, -0.05) is 0 Å². The first-order valence-corrected chi connectivity index (χ1v) is 6.35. The fourth-order valence-corrected chi connectivity index (χ4v) is 2.00. The highest BCUT2D eigenvalue weighted by Gasteiger charge is 2.31. The second-order valence-corrected chi connectivity index (χ2v) is 4.97. The molecule has 106 valence electrons. The van der Waals surface area contributed by atoms with Gasteiger partial charge in [0, 0.05) is 23.4 Å². The highest BCUT2D eigenvalue weighted by Crippen LogP contribution is 2.31. The van der Waals surface area contributed by atoms with Gasteiger partial charge >= 0.3 is 6.18 Å². The molecule has 1 aromatic carbocycles. The Bertz CT molecular complexity index is 614. The molecule has 1 N–H and O–H groups in total. The highest BCUT2D eigenvalue weighted by molar-refractivity contribution is 9.10. The van der Waals surface area contributed by atoms with Crippen LogP contribution < -0.4 is 5.32 Å². The van der Waals surface area contributed by atoms with Crippen LogP contribution in [0.4, 0.5) is 23.2 Å². The molecule has 0 unspecified atom stereocenters. The molecule has 7 heteroatoms. The van der Waals surface area contributed by atoms with Gasteiger partial charge in [0.25, 0.3) is 0 Å². The fraction of sp³-hybridized carbons (Fsp3) is 0.154. The Balaban J connectivity index is 2.17. The number of anilines is 1. The fourth-order valence-electron chi connectivity index (χ4n) is 1.59. The Kier molecular flexibility index (Phi) is 4.27. The van der Waals surface area contributed by atoms with Crippen molar-refractivity contribution in [3.8, 4) is 0 Å². The minimum Gasteiger partial charge on any atom is -0.379 e. The van der Waals surface area contributed by atoms with Crippen LogP contribution in [0.3, 0.4) is 0 Å².